The van der Waals surface area contributed by atoms with Crippen LogP contribution in [0.3, 0.4) is 0 Å². The van der Waals surface area contributed by atoms with Crippen molar-refractivity contribution in [1.82, 2.24) is 28.9 Å². The fraction of sp³-hybridized carbons (Fsp3) is 0.455. The number of para-hydroxylation sites is 1. The molecule has 0 radical (unpaired) electrons. The Morgan fingerprint density at radius 2 is 1.79 bits per heavy atom. The number of piperazine rings is 1. The minimum Gasteiger partial charge on any atom is -0.369 e. The second-order valence-electron chi connectivity index (χ2n) is 8.58. The van der Waals surface area contributed by atoms with Crippen molar-refractivity contribution in [3.63, 3.8) is 0 Å². The summed E-state index contributed by atoms with van der Waals surface area (Å²) in [4.78, 5) is 46.6. The van der Waals surface area contributed by atoms with Gasteiger partial charge in [0.1, 0.15) is 6.04 Å². The van der Waals surface area contributed by atoms with Gasteiger partial charge in [0, 0.05) is 59.1 Å². The summed E-state index contributed by atoms with van der Waals surface area (Å²) >= 11 is 0. The van der Waals surface area contributed by atoms with Crippen LogP contribution in [-0.2, 0) is 25.4 Å². The van der Waals surface area contributed by atoms with Crippen molar-refractivity contribution >= 4 is 41.1 Å². The monoisotopic (exact) mass is 488 g/mol. The largest absolute Gasteiger partial charge is 0.369 e. The van der Waals surface area contributed by atoms with Crippen LogP contribution in [0.4, 0.5) is 11.6 Å². The Morgan fingerprint density at radius 3 is 2.50 bits per heavy atom. The lowest BCUT2D eigenvalue weighted by Gasteiger charge is -2.36. The van der Waals surface area contributed by atoms with Crippen LogP contribution in [0, 0.1) is 0 Å². The molecule has 1 amide bonds. The van der Waals surface area contributed by atoms with E-state index in [9.17, 15) is 14.4 Å². The van der Waals surface area contributed by atoms with E-state index in [-0.39, 0.29) is 18.3 Å². The molecule has 3 aromatic rings. The molecule has 2 aliphatic heterocycles. The maximum atomic E-state index is 12.7. The average molecular weight is 489 g/mol. The highest BCUT2D eigenvalue weighted by Gasteiger charge is 2.31. The van der Waals surface area contributed by atoms with E-state index >= 15 is 0 Å². The number of nitrogens with zero attached hydrogens (tertiary/aromatic N) is 6. The lowest BCUT2D eigenvalue weighted by molar-refractivity contribution is -0.121. The van der Waals surface area contributed by atoms with E-state index in [0.29, 0.717) is 30.2 Å². The van der Waals surface area contributed by atoms with Crippen molar-refractivity contribution < 1.29 is 4.79 Å². The second-order valence-corrected chi connectivity index (χ2v) is 8.58. The number of anilines is 2. The van der Waals surface area contributed by atoms with Gasteiger partial charge in [0.15, 0.2) is 11.2 Å². The van der Waals surface area contributed by atoms with Crippen LogP contribution in [0.15, 0.2) is 39.9 Å². The number of imidazole rings is 1. The van der Waals surface area contributed by atoms with E-state index in [4.69, 9.17) is 0 Å². The lowest BCUT2D eigenvalue weighted by atomic mass is 10.2. The van der Waals surface area contributed by atoms with Crippen molar-refractivity contribution in [2.75, 3.05) is 49.5 Å². The first-order valence-electron chi connectivity index (χ1n) is 11.2. The van der Waals surface area contributed by atoms with E-state index in [0.717, 1.165) is 37.3 Å². The molecule has 12 heteroatoms. The first-order valence-corrected chi connectivity index (χ1v) is 11.2. The number of fused-ring (bicyclic) bond motifs is 3. The van der Waals surface area contributed by atoms with Gasteiger partial charge in [-0.15, -0.1) is 12.4 Å². The van der Waals surface area contributed by atoms with Gasteiger partial charge in [-0.25, -0.2) is 4.79 Å². The third-order valence-electron chi connectivity index (χ3n) is 6.55. The number of halogens is 1. The summed E-state index contributed by atoms with van der Waals surface area (Å²) in [5.41, 5.74) is 1.05. The average Bonchev–Trinajstić information content (AvgIpc) is 3.41. The fourth-order valence-electron chi connectivity index (χ4n) is 4.60. The van der Waals surface area contributed by atoms with Gasteiger partial charge in [0.25, 0.3) is 5.56 Å². The number of hydrogen-bond donors (Lipinski definition) is 2. The van der Waals surface area contributed by atoms with E-state index in [1.165, 1.54) is 17.3 Å². The van der Waals surface area contributed by atoms with Crippen molar-refractivity contribution in [3.8, 4) is 0 Å². The summed E-state index contributed by atoms with van der Waals surface area (Å²) in [5.74, 6) is 0.304. The molecule has 1 atom stereocenters. The van der Waals surface area contributed by atoms with E-state index in [2.05, 4.69) is 49.7 Å². The predicted octanol–water partition coefficient (Wildman–Crippen LogP) is -0.412. The summed E-state index contributed by atoms with van der Waals surface area (Å²) in [6.07, 6.45) is 0. The highest BCUT2D eigenvalue weighted by molar-refractivity contribution is 5.87. The standard InChI is InChI=1S/C22H28N8O3.ClH/c1-26-18-17(20(32)27(2)22(26)33)30-14-16(24-21(30)25-18)19(31)23-8-9-28-10-12-29(13-11-28)15-6-4-3-5-7-15;/h3-7,16H,8-14H2,1-2H3,(H,23,31)(H,24,25);1H. The number of hydrogen-bond acceptors (Lipinski definition) is 7. The molecule has 1 aromatic carbocycles. The number of benzene rings is 1. The highest BCUT2D eigenvalue weighted by atomic mass is 35.5. The molecule has 1 unspecified atom stereocenters. The molecule has 1 fully saturated rings. The molecular weight excluding hydrogens is 460 g/mol. The van der Waals surface area contributed by atoms with Crippen LogP contribution in [0.2, 0.25) is 0 Å². The molecule has 34 heavy (non-hydrogen) atoms. The highest BCUT2D eigenvalue weighted by Crippen LogP contribution is 2.22. The second kappa shape index (κ2) is 9.51. The molecular formula is C22H29ClN8O3. The fourth-order valence-corrected chi connectivity index (χ4v) is 4.60. The zero-order valence-electron chi connectivity index (χ0n) is 19.2. The lowest BCUT2D eigenvalue weighted by Crippen LogP contribution is -2.49. The van der Waals surface area contributed by atoms with Crippen LogP contribution in [0.25, 0.3) is 11.2 Å². The van der Waals surface area contributed by atoms with Crippen LogP contribution in [0.1, 0.15) is 0 Å². The Morgan fingerprint density at radius 1 is 1.09 bits per heavy atom. The van der Waals surface area contributed by atoms with Crippen LogP contribution in [0.5, 0.6) is 0 Å². The molecule has 0 saturated carbocycles. The summed E-state index contributed by atoms with van der Waals surface area (Å²) in [6, 6.07) is 9.90. The Hall–Kier alpha value is -3.31. The van der Waals surface area contributed by atoms with Crippen molar-refractivity contribution in [2.24, 2.45) is 14.1 Å². The molecule has 11 nitrogen and oxygen atoms in total. The van der Waals surface area contributed by atoms with E-state index in [1.54, 1.807) is 11.6 Å². The van der Waals surface area contributed by atoms with Crippen LogP contribution >= 0.6 is 12.4 Å². The quantitative estimate of drug-likeness (QED) is 0.502. The number of amides is 1. The van der Waals surface area contributed by atoms with Crippen molar-refractivity contribution in [3.05, 3.63) is 51.2 Å². The number of aromatic nitrogens is 4. The summed E-state index contributed by atoms with van der Waals surface area (Å²) in [5, 5.41) is 6.08. The molecule has 0 spiro atoms. The smallest absolute Gasteiger partial charge is 0.332 e. The minimum absolute atomic E-state index is 0. The van der Waals surface area contributed by atoms with Gasteiger partial charge in [0.05, 0.1) is 6.54 Å². The first kappa shape index (κ1) is 23.8. The third-order valence-corrected chi connectivity index (χ3v) is 6.55. The topological polar surface area (TPSA) is 109 Å². The number of aryl methyl sites for hydroxylation is 1. The molecule has 0 bridgehead atoms. The molecule has 5 rings (SSSR count). The zero-order valence-corrected chi connectivity index (χ0v) is 20.0. The minimum atomic E-state index is -0.506. The van der Waals surface area contributed by atoms with Gasteiger partial charge >= 0.3 is 5.69 Å². The Kier molecular flexibility index (Phi) is 6.67. The van der Waals surface area contributed by atoms with Gasteiger partial charge in [0.2, 0.25) is 11.9 Å². The van der Waals surface area contributed by atoms with E-state index in [1.807, 2.05) is 6.07 Å². The molecule has 1 saturated heterocycles. The predicted molar refractivity (Wildman–Crippen MR) is 133 cm³/mol. The summed E-state index contributed by atoms with van der Waals surface area (Å²) in [6.45, 7) is 5.48. The number of rotatable bonds is 5. The molecule has 4 heterocycles. The molecule has 2 N–H and O–H groups in total. The Balaban J connectivity index is 0.00000274. The van der Waals surface area contributed by atoms with Crippen LogP contribution in [-0.4, -0.2) is 74.8 Å². The Bertz CT molecular complexity index is 1310. The molecule has 0 aliphatic carbocycles. The normalized spacial score (nSPS) is 17.8. The molecule has 2 aromatic heterocycles. The van der Waals surface area contributed by atoms with Crippen molar-refractivity contribution in [2.45, 2.75) is 12.6 Å². The number of carbonyl (C=O) groups excluding carboxylic acids is 1. The first-order chi connectivity index (χ1) is 15.9. The van der Waals surface area contributed by atoms with Gasteiger partial charge in [-0.3, -0.25) is 23.6 Å². The van der Waals surface area contributed by atoms with E-state index < -0.39 is 17.3 Å². The number of carbonyl (C=O) groups is 1. The summed E-state index contributed by atoms with van der Waals surface area (Å²) in [7, 11) is 3.02. The maximum absolute atomic E-state index is 12.7. The van der Waals surface area contributed by atoms with Gasteiger partial charge in [-0.2, -0.15) is 4.98 Å². The zero-order chi connectivity index (χ0) is 23.1. The maximum Gasteiger partial charge on any atom is 0.332 e. The van der Waals surface area contributed by atoms with Gasteiger partial charge in [-0.1, -0.05) is 18.2 Å². The molecule has 2 aliphatic rings. The Labute approximate surface area is 202 Å². The summed E-state index contributed by atoms with van der Waals surface area (Å²) < 4.78 is 4.09. The number of nitrogens with one attached hydrogen (secondary N) is 2. The SMILES string of the molecule is Cl.Cn1c(=O)c2c(nc3n2CC(C(=O)NCCN2CCN(c4ccccc4)CC2)N3)n(C)c1=O. The third kappa shape index (κ3) is 4.16. The molecule has 182 valence electrons. The van der Waals surface area contributed by atoms with Gasteiger partial charge < -0.3 is 20.1 Å². The van der Waals surface area contributed by atoms with Gasteiger partial charge in [-0.05, 0) is 12.1 Å². The van der Waals surface area contributed by atoms with Crippen molar-refractivity contribution in [1.29, 1.82) is 0 Å². The van der Waals surface area contributed by atoms with Crippen LogP contribution < -0.4 is 26.8 Å².